The number of hydrogen-bond donors (Lipinski definition) is 1. The molecule has 3 rings (SSSR count). The average molecular weight is 415 g/mol. The predicted molar refractivity (Wildman–Crippen MR) is 117 cm³/mol. The molecule has 8 nitrogen and oxygen atoms in total. The molecule has 2 aliphatic rings. The molecule has 3 unspecified atom stereocenters. The molecule has 0 bridgehead atoms. The number of hydrogen-bond acceptors (Lipinski definition) is 8. The summed E-state index contributed by atoms with van der Waals surface area (Å²) >= 11 is 0. The van der Waals surface area contributed by atoms with Gasteiger partial charge >= 0.3 is 6.16 Å². The van der Waals surface area contributed by atoms with Gasteiger partial charge in [-0.2, -0.15) is 5.10 Å². The van der Waals surface area contributed by atoms with E-state index in [1.807, 2.05) is 44.2 Å². The molecular formula is C22H30N4O4. The second-order valence-electron chi connectivity index (χ2n) is 6.40. The minimum Gasteiger partial charge on any atom is -0.432 e. The van der Waals surface area contributed by atoms with E-state index in [1.54, 1.807) is 24.1 Å². The van der Waals surface area contributed by atoms with Crippen molar-refractivity contribution >= 4 is 18.3 Å². The molecule has 1 saturated heterocycles. The van der Waals surface area contributed by atoms with Crippen LogP contribution >= 0.6 is 0 Å². The molecule has 0 aliphatic carbocycles. The largest absolute Gasteiger partial charge is 0.508 e. The van der Waals surface area contributed by atoms with Crippen LogP contribution in [0, 0.1) is 0 Å². The molecule has 2 aliphatic heterocycles. The molecular weight excluding hydrogens is 384 g/mol. The summed E-state index contributed by atoms with van der Waals surface area (Å²) in [5.74, 6) is 0.344. The zero-order valence-corrected chi connectivity index (χ0v) is 17.7. The summed E-state index contributed by atoms with van der Waals surface area (Å²) in [7, 11) is 0. The number of ether oxygens (including phenoxy) is 3. The van der Waals surface area contributed by atoms with Crippen molar-refractivity contribution in [1.29, 1.82) is 0 Å². The molecule has 1 aromatic carbocycles. The fourth-order valence-electron chi connectivity index (χ4n) is 3.01. The lowest BCUT2D eigenvalue weighted by molar-refractivity contribution is -0.0641. The summed E-state index contributed by atoms with van der Waals surface area (Å²) in [6, 6.07) is 9.48. The van der Waals surface area contributed by atoms with Gasteiger partial charge in [-0.1, -0.05) is 56.8 Å². The van der Waals surface area contributed by atoms with E-state index in [1.165, 1.54) is 6.34 Å². The number of aliphatic imine (C=N–C) groups is 1. The Bertz CT molecular complexity index is 792. The van der Waals surface area contributed by atoms with Crippen LogP contribution in [0.3, 0.4) is 0 Å². The van der Waals surface area contributed by atoms with Gasteiger partial charge in [-0.3, -0.25) is 0 Å². The second-order valence-corrected chi connectivity index (χ2v) is 6.40. The van der Waals surface area contributed by atoms with Gasteiger partial charge in [-0.25, -0.2) is 14.8 Å². The summed E-state index contributed by atoms with van der Waals surface area (Å²) in [6.07, 6.45) is 4.49. The van der Waals surface area contributed by atoms with Crippen LogP contribution in [0.4, 0.5) is 4.79 Å². The molecule has 0 saturated carbocycles. The number of carbonyl (C=O) groups is 1. The monoisotopic (exact) mass is 414 g/mol. The van der Waals surface area contributed by atoms with Crippen LogP contribution < -0.4 is 5.73 Å². The van der Waals surface area contributed by atoms with Crippen LogP contribution in [-0.4, -0.2) is 42.3 Å². The lowest BCUT2D eigenvalue weighted by Crippen LogP contribution is -2.38. The first kappa shape index (κ1) is 23.2. The minimum atomic E-state index is -0.719. The lowest BCUT2D eigenvalue weighted by atomic mass is 10.1. The maximum absolute atomic E-state index is 12.0. The van der Waals surface area contributed by atoms with Crippen molar-refractivity contribution in [2.75, 3.05) is 6.61 Å². The maximum Gasteiger partial charge on any atom is 0.508 e. The molecule has 8 heteroatoms. The first-order valence-corrected chi connectivity index (χ1v) is 10.1. The summed E-state index contributed by atoms with van der Waals surface area (Å²) in [4.78, 5) is 15.9. The van der Waals surface area contributed by atoms with E-state index >= 15 is 0 Å². The Morgan fingerprint density at radius 3 is 2.80 bits per heavy atom. The molecule has 3 atom stereocenters. The number of amidine groups is 1. The van der Waals surface area contributed by atoms with E-state index in [0.29, 0.717) is 18.0 Å². The fraction of sp³-hybridized carbons (Fsp3) is 0.409. The Balaban J connectivity index is 0.00000155. The standard InChI is InChI=1S/C20H24N4O4.C2H6/c1-3-7-17-19(21)22-13-23-24(17)18-11-10-16(28-18)12-26-20(25)27-14(2)15-8-5-4-6-9-15;1-2/h3-9,13-14,16,18H,1,10-12H2,2H3,(H2,21,22,23);1-2H3/b17-7-;. The smallest absolute Gasteiger partial charge is 0.432 e. The molecule has 1 fully saturated rings. The number of allylic oxidation sites excluding steroid dienone is 2. The van der Waals surface area contributed by atoms with Gasteiger partial charge < -0.3 is 19.9 Å². The Labute approximate surface area is 177 Å². The van der Waals surface area contributed by atoms with Crippen molar-refractivity contribution in [1.82, 2.24) is 5.01 Å². The summed E-state index contributed by atoms with van der Waals surface area (Å²) in [6.45, 7) is 9.59. The van der Waals surface area contributed by atoms with Gasteiger partial charge in [0.05, 0.1) is 6.10 Å². The van der Waals surface area contributed by atoms with Gasteiger partial charge in [0.25, 0.3) is 0 Å². The third-order valence-corrected chi connectivity index (χ3v) is 4.44. The molecule has 30 heavy (non-hydrogen) atoms. The van der Waals surface area contributed by atoms with Crippen molar-refractivity contribution in [3.63, 3.8) is 0 Å². The topological polar surface area (TPSA) is 98.7 Å². The fourth-order valence-corrected chi connectivity index (χ4v) is 3.01. The molecule has 0 spiro atoms. The van der Waals surface area contributed by atoms with Gasteiger partial charge in [0.1, 0.15) is 24.7 Å². The van der Waals surface area contributed by atoms with Crippen LogP contribution in [0.25, 0.3) is 0 Å². The number of benzene rings is 1. The average Bonchev–Trinajstić information content (AvgIpc) is 3.25. The molecule has 0 amide bonds. The van der Waals surface area contributed by atoms with Gasteiger partial charge in [-0.15, -0.1) is 0 Å². The third kappa shape index (κ3) is 6.18. The number of hydrazone groups is 1. The quantitative estimate of drug-likeness (QED) is 0.703. The summed E-state index contributed by atoms with van der Waals surface area (Å²) in [5.41, 5.74) is 7.44. The van der Waals surface area contributed by atoms with Crippen molar-refractivity contribution in [3.05, 3.63) is 60.3 Å². The highest BCUT2D eigenvalue weighted by molar-refractivity contribution is 6.01. The van der Waals surface area contributed by atoms with E-state index in [0.717, 1.165) is 12.0 Å². The second kappa shape index (κ2) is 11.8. The van der Waals surface area contributed by atoms with Crippen LogP contribution in [0.1, 0.15) is 45.3 Å². The normalized spacial score (nSPS) is 22.6. The highest BCUT2D eigenvalue weighted by Crippen LogP contribution is 2.27. The molecule has 1 aromatic rings. The van der Waals surface area contributed by atoms with Crippen molar-refractivity contribution < 1.29 is 19.0 Å². The number of rotatable bonds is 6. The van der Waals surface area contributed by atoms with E-state index in [9.17, 15) is 4.79 Å². The zero-order valence-electron chi connectivity index (χ0n) is 17.7. The van der Waals surface area contributed by atoms with E-state index in [4.69, 9.17) is 19.9 Å². The summed E-state index contributed by atoms with van der Waals surface area (Å²) < 4.78 is 16.5. The zero-order chi connectivity index (χ0) is 21.9. The van der Waals surface area contributed by atoms with Crippen molar-refractivity contribution in [3.8, 4) is 0 Å². The first-order valence-electron chi connectivity index (χ1n) is 10.1. The lowest BCUT2D eigenvalue weighted by Gasteiger charge is -2.29. The maximum atomic E-state index is 12.0. The minimum absolute atomic E-state index is 0.110. The number of carbonyl (C=O) groups excluding carboxylic acids is 1. The number of nitrogens with two attached hydrogens (primary N) is 1. The molecule has 0 aromatic heterocycles. The van der Waals surface area contributed by atoms with Gasteiger partial charge in [0.2, 0.25) is 0 Å². The number of nitrogens with zero attached hydrogens (tertiary/aromatic N) is 3. The Morgan fingerprint density at radius 2 is 2.10 bits per heavy atom. The molecule has 0 radical (unpaired) electrons. The van der Waals surface area contributed by atoms with Crippen LogP contribution in [0.2, 0.25) is 0 Å². The van der Waals surface area contributed by atoms with Crippen molar-refractivity contribution in [2.45, 2.75) is 52.0 Å². The van der Waals surface area contributed by atoms with E-state index in [-0.39, 0.29) is 25.0 Å². The Kier molecular flexibility index (Phi) is 9.08. The van der Waals surface area contributed by atoms with Gasteiger partial charge in [0, 0.05) is 0 Å². The van der Waals surface area contributed by atoms with E-state index in [2.05, 4.69) is 16.7 Å². The van der Waals surface area contributed by atoms with Gasteiger partial charge in [-0.05, 0) is 31.4 Å². The van der Waals surface area contributed by atoms with Crippen LogP contribution in [-0.2, 0) is 14.2 Å². The highest BCUT2D eigenvalue weighted by atomic mass is 16.7. The Hall–Kier alpha value is -3.13. The van der Waals surface area contributed by atoms with Crippen molar-refractivity contribution in [2.24, 2.45) is 15.8 Å². The molecule has 2 heterocycles. The molecule has 162 valence electrons. The SMILES string of the molecule is C=C/C=C1/C(N)=NC=NN1C1CCC(COC(=O)OC(C)c2ccccc2)O1.CC. The Morgan fingerprint density at radius 1 is 1.37 bits per heavy atom. The van der Waals surface area contributed by atoms with Crippen LogP contribution in [0.15, 0.2) is 64.9 Å². The first-order chi connectivity index (χ1) is 14.6. The predicted octanol–water partition coefficient (Wildman–Crippen LogP) is 4.12. The third-order valence-electron chi connectivity index (χ3n) is 4.44. The van der Waals surface area contributed by atoms with Crippen LogP contribution in [0.5, 0.6) is 0 Å². The molecule has 2 N–H and O–H groups in total. The summed E-state index contributed by atoms with van der Waals surface area (Å²) in [5, 5.41) is 5.90. The van der Waals surface area contributed by atoms with Gasteiger partial charge in [0.15, 0.2) is 12.1 Å². The highest BCUT2D eigenvalue weighted by Gasteiger charge is 2.33. The van der Waals surface area contributed by atoms with E-state index < -0.39 is 6.16 Å².